The average Bonchev–Trinajstić information content (AvgIpc) is 2.54. The highest BCUT2D eigenvalue weighted by Crippen LogP contribution is 2.26. The van der Waals surface area contributed by atoms with Crippen molar-refractivity contribution in [2.24, 2.45) is 5.92 Å². The van der Waals surface area contributed by atoms with Gasteiger partial charge in [-0.05, 0) is 45.2 Å². The Kier molecular flexibility index (Phi) is 5.96. The van der Waals surface area contributed by atoms with Crippen LogP contribution in [0.1, 0.15) is 50.0 Å². The van der Waals surface area contributed by atoms with Crippen molar-refractivity contribution in [3.8, 4) is 0 Å². The first kappa shape index (κ1) is 17.2. The molecule has 126 valence electrons. The Labute approximate surface area is 137 Å². The Morgan fingerprint density at radius 3 is 2.74 bits per heavy atom. The molecule has 1 aromatic rings. The lowest BCUT2D eigenvalue weighted by Gasteiger charge is -2.30. The fourth-order valence-electron chi connectivity index (χ4n) is 2.94. The van der Waals surface area contributed by atoms with Crippen LogP contribution in [0.3, 0.4) is 0 Å². The van der Waals surface area contributed by atoms with Gasteiger partial charge in [-0.2, -0.15) is 0 Å². The smallest absolute Gasteiger partial charge is 0.269 e. The molecule has 0 bridgehead atoms. The van der Waals surface area contributed by atoms with E-state index in [4.69, 9.17) is 0 Å². The Bertz CT molecular complexity index is 559. The summed E-state index contributed by atoms with van der Waals surface area (Å²) in [7, 11) is 1.59. The summed E-state index contributed by atoms with van der Waals surface area (Å²) in [6.45, 7) is 3.95. The van der Waals surface area contributed by atoms with E-state index in [-0.39, 0.29) is 29.8 Å². The second kappa shape index (κ2) is 7.94. The van der Waals surface area contributed by atoms with Gasteiger partial charge in [-0.25, -0.2) is 4.98 Å². The van der Waals surface area contributed by atoms with Gasteiger partial charge >= 0.3 is 0 Å². The van der Waals surface area contributed by atoms with E-state index in [0.29, 0.717) is 11.5 Å². The lowest BCUT2D eigenvalue weighted by molar-refractivity contribution is -0.126. The highest BCUT2D eigenvalue weighted by atomic mass is 16.2. The molecule has 2 amide bonds. The molecule has 0 spiro atoms. The van der Waals surface area contributed by atoms with Crippen molar-refractivity contribution >= 4 is 17.6 Å². The monoisotopic (exact) mass is 318 g/mol. The standard InChI is InChI=1S/C17H26N4O2/c1-11(2)19-16(22)12-6-4-7-13(10-12)20-15-9-5-8-14(21-15)17(23)18-3/h5,8-9,11-13H,4,6-7,10H2,1-3H3,(H,18,23)(H,19,22)(H,20,21). The van der Waals surface area contributed by atoms with Crippen LogP contribution >= 0.6 is 0 Å². The van der Waals surface area contributed by atoms with E-state index < -0.39 is 0 Å². The quantitative estimate of drug-likeness (QED) is 0.775. The van der Waals surface area contributed by atoms with Crippen molar-refractivity contribution in [3.05, 3.63) is 23.9 Å². The molecule has 1 aliphatic carbocycles. The van der Waals surface area contributed by atoms with Gasteiger partial charge < -0.3 is 16.0 Å². The third kappa shape index (κ3) is 4.94. The van der Waals surface area contributed by atoms with Crippen molar-refractivity contribution in [2.45, 2.75) is 51.6 Å². The minimum absolute atomic E-state index is 0.0470. The SMILES string of the molecule is CNC(=O)c1cccc(NC2CCCC(C(=O)NC(C)C)C2)n1. The van der Waals surface area contributed by atoms with Crippen molar-refractivity contribution < 1.29 is 9.59 Å². The van der Waals surface area contributed by atoms with E-state index in [1.807, 2.05) is 26.0 Å². The van der Waals surface area contributed by atoms with Gasteiger partial charge in [0.2, 0.25) is 5.91 Å². The van der Waals surface area contributed by atoms with Gasteiger partial charge in [0.15, 0.2) is 0 Å². The topological polar surface area (TPSA) is 83.1 Å². The average molecular weight is 318 g/mol. The van der Waals surface area contributed by atoms with Crippen molar-refractivity contribution in [2.75, 3.05) is 12.4 Å². The number of carbonyl (C=O) groups is 2. The molecule has 1 aliphatic rings. The first-order valence-electron chi connectivity index (χ1n) is 8.25. The highest BCUT2D eigenvalue weighted by Gasteiger charge is 2.27. The molecule has 1 aromatic heterocycles. The van der Waals surface area contributed by atoms with Crippen LogP contribution in [0.2, 0.25) is 0 Å². The van der Waals surface area contributed by atoms with E-state index in [1.165, 1.54) is 0 Å². The number of hydrogen-bond donors (Lipinski definition) is 3. The molecular weight excluding hydrogens is 292 g/mol. The van der Waals surface area contributed by atoms with Gasteiger partial charge in [0.25, 0.3) is 5.91 Å². The molecular formula is C17H26N4O2. The number of pyridine rings is 1. The first-order valence-corrected chi connectivity index (χ1v) is 8.25. The van der Waals surface area contributed by atoms with Crippen LogP contribution in [-0.4, -0.2) is 35.9 Å². The molecule has 0 aromatic carbocycles. The largest absolute Gasteiger partial charge is 0.367 e. The Morgan fingerprint density at radius 1 is 1.26 bits per heavy atom. The van der Waals surface area contributed by atoms with Crippen LogP contribution in [0, 0.1) is 5.92 Å². The van der Waals surface area contributed by atoms with Crippen LogP contribution < -0.4 is 16.0 Å². The molecule has 1 heterocycles. The highest BCUT2D eigenvalue weighted by molar-refractivity contribution is 5.92. The molecule has 0 radical (unpaired) electrons. The van der Waals surface area contributed by atoms with Gasteiger partial charge in [-0.1, -0.05) is 12.5 Å². The number of hydrogen-bond acceptors (Lipinski definition) is 4. The molecule has 6 nitrogen and oxygen atoms in total. The lowest BCUT2D eigenvalue weighted by atomic mass is 9.85. The Hall–Kier alpha value is -2.11. The fraction of sp³-hybridized carbons (Fsp3) is 0.588. The van der Waals surface area contributed by atoms with Crippen molar-refractivity contribution in [1.29, 1.82) is 0 Å². The maximum Gasteiger partial charge on any atom is 0.269 e. The number of amides is 2. The number of nitrogens with one attached hydrogen (secondary N) is 3. The Balaban J connectivity index is 1.97. The minimum atomic E-state index is -0.202. The number of aromatic nitrogens is 1. The molecule has 2 atom stereocenters. The molecule has 2 unspecified atom stereocenters. The molecule has 0 saturated heterocycles. The van der Waals surface area contributed by atoms with E-state index in [9.17, 15) is 9.59 Å². The van der Waals surface area contributed by atoms with Gasteiger partial charge in [-0.15, -0.1) is 0 Å². The summed E-state index contributed by atoms with van der Waals surface area (Å²) in [5, 5.41) is 8.93. The van der Waals surface area contributed by atoms with Crippen LogP contribution in [0.4, 0.5) is 5.82 Å². The molecule has 0 aliphatic heterocycles. The molecule has 2 rings (SSSR count). The van der Waals surface area contributed by atoms with Gasteiger partial charge in [0.1, 0.15) is 11.5 Å². The fourth-order valence-corrected chi connectivity index (χ4v) is 2.94. The summed E-state index contributed by atoms with van der Waals surface area (Å²) < 4.78 is 0. The van der Waals surface area contributed by atoms with E-state index in [1.54, 1.807) is 13.1 Å². The molecule has 6 heteroatoms. The van der Waals surface area contributed by atoms with Crippen LogP contribution in [0.5, 0.6) is 0 Å². The summed E-state index contributed by atoms with van der Waals surface area (Å²) >= 11 is 0. The summed E-state index contributed by atoms with van der Waals surface area (Å²) in [5.41, 5.74) is 0.391. The van der Waals surface area contributed by atoms with E-state index in [0.717, 1.165) is 25.7 Å². The molecule has 1 fully saturated rings. The van der Waals surface area contributed by atoms with Gasteiger partial charge in [-0.3, -0.25) is 9.59 Å². The lowest BCUT2D eigenvalue weighted by Crippen LogP contribution is -2.40. The van der Waals surface area contributed by atoms with Crippen LogP contribution in [0.15, 0.2) is 18.2 Å². The number of carbonyl (C=O) groups excluding carboxylic acids is 2. The normalized spacial score (nSPS) is 20.9. The first-order chi connectivity index (χ1) is 11.0. The predicted molar refractivity (Wildman–Crippen MR) is 90.3 cm³/mol. The predicted octanol–water partition coefficient (Wildman–Crippen LogP) is 1.94. The van der Waals surface area contributed by atoms with Crippen LogP contribution in [-0.2, 0) is 4.79 Å². The summed E-state index contributed by atoms with van der Waals surface area (Å²) in [4.78, 5) is 28.2. The van der Waals surface area contributed by atoms with Gasteiger partial charge in [0.05, 0.1) is 0 Å². The zero-order valence-corrected chi connectivity index (χ0v) is 14.1. The third-order valence-corrected chi connectivity index (χ3v) is 4.04. The molecule has 3 N–H and O–H groups in total. The maximum absolute atomic E-state index is 12.2. The van der Waals surface area contributed by atoms with E-state index in [2.05, 4.69) is 20.9 Å². The Morgan fingerprint density at radius 2 is 2.04 bits per heavy atom. The third-order valence-electron chi connectivity index (χ3n) is 4.04. The minimum Gasteiger partial charge on any atom is -0.367 e. The maximum atomic E-state index is 12.2. The number of anilines is 1. The zero-order chi connectivity index (χ0) is 16.8. The van der Waals surface area contributed by atoms with E-state index >= 15 is 0 Å². The second-order valence-electron chi connectivity index (χ2n) is 6.36. The summed E-state index contributed by atoms with van der Waals surface area (Å²) in [6.07, 6.45) is 3.76. The summed E-state index contributed by atoms with van der Waals surface area (Å²) in [5.74, 6) is 0.664. The summed E-state index contributed by atoms with van der Waals surface area (Å²) in [6, 6.07) is 5.72. The molecule has 23 heavy (non-hydrogen) atoms. The van der Waals surface area contributed by atoms with Gasteiger partial charge in [0, 0.05) is 25.0 Å². The zero-order valence-electron chi connectivity index (χ0n) is 14.1. The van der Waals surface area contributed by atoms with Crippen molar-refractivity contribution in [1.82, 2.24) is 15.6 Å². The molecule has 1 saturated carbocycles. The van der Waals surface area contributed by atoms with Crippen LogP contribution in [0.25, 0.3) is 0 Å². The van der Waals surface area contributed by atoms with Crippen molar-refractivity contribution in [3.63, 3.8) is 0 Å². The number of rotatable bonds is 5. The second-order valence-corrected chi connectivity index (χ2v) is 6.36. The number of nitrogens with zero attached hydrogens (tertiary/aromatic N) is 1.